The molecule has 1 aromatic carbocycles. The maximum atomic E-state index is 6.57. The van der Waals surface area contributed by atoms with E-state index < -0.39 is 0 Å². The maximum absolute atomic E-state index is 6.57. The van der Waals surface area contributed by atoms with Crippen molar-refractivity contribution in [1.29, 1.82) is 0 Å². The van der Waals surface area contributed by atoms with Gasteiger partial charge in [0.1, 0.15) is 5.60 Å². The van der Waals surface area contributed by atoms with Crippen LogP contribution >= 0.6 is 24.8 Å². The molecule has 1 atom stereocenters. The first-order valence-corrected chi connectivity index (χ1v) is 8.83. The molecule has 8 heteroatoms. The highest BCUT2D eigenvalue weighted by Gasteiger charge is 2.51. The summed E-state index contributed by atoms with van der Waals surface area (Å²) in [6.07, 6.45) is 4.74. The van der Waals surface area contributed by atoms with E-state index in [2.05, 4.69) is 46.9 Å². The SMILES string of the molecule is CCn1cc(C2=NCC3(CN4CCC3CC4)O2)c2ccccc21.Cl.Cl.O.O. The van der Waals surface area contributed by atoms with Gasteiger partial charge in [-0.25, -0.2) is 4.99 Å². The summed E-state index contributed by atoms with van der Waals surface area (Å²) >= 11 is 0. The minimum absolute atomic E-state index is 0. The number of rotatable bonds is 2. The predicted octanol–water partition coefficient (Wildman–Crippen LogP) is 2.10. The molecular weight excluding hydrogens is 389 g/mol. The van der Waals surface area contributed by atoms with Crippen LogP contribution in [0.15, 0.2) is 35.5 Å². The van der Waals surface area contributed by atoms with Crippen molar-refractivity contribution < 1.29 is 15.7 Å². The van der Waals surface area contributed by atoms with Crippen molar-refractivity contribution in [3.63, 3.8) is 0 Å². The van der Waals surface area contributed by atoms with Crippen LogP contribution in [0.5, 0.6) is 0 Å². The number of hydrogen-bond acceptors (Lipinski definition) is 3. The summed E-state index contributed by atoms with van der Waals surface area (Å²) in [6, 6.07) is 8.57. The lowest BCUT2D eigenvalue weighted by atomic mass is 9.75. The number of aromatic nitrogens is 1. The van der Waals surface area contributed by atoms with Crippen molar-refractivity contribution >= 4 is 41.6 Å². The molecule has 3 fully saturated rings. The summed E-state index contributed by atoms with van der Waals surface area (Å²) in [5, 5.41) is 1.26. The van der Waals surface area contributed by atoms with E-state index in [9.17, 15) is 0 Å². The molecule has 0 saturated carbocycles. The molecule has 1 aromatic heterocycles. The van der Waals surface area contributed by atoms with Gasteiger partial charge in [0.25, 0.3) is 0 Å². The Morgan fingerprint density at radius 2 is 1.85 bits per heavy atom. The van der Waals surface area contributed by atoms with E-state index in [0.29, 0.717) is 5.92 Å². The first-order valence-electron chi connectivity index (χ1n) is 8.83. The molecule has 4 N–H and O–H groups in total. The van der Waals surface area contributed by atoms with Crippen LogP contribution in [0, 0.1) is 5.92 Å². The number of benzene rings is 1. The highest BCUT2D eigenvalue weighted by atomic mass is 35.5. The predicted molar refractivity (Wildman–Crippen MR) is 114 cm³/mol. The van der Waals surface area contributed by atoms with Crippen molar-refractivity contribution in [2.24, 2.45) is 10.9 Å². The minimum atomic E-state index is -0.0543. The first-order chi connectivity index (χ1) is 11.3. The Morgan fingerprint density at radius 3 is 2.48 bits per heavy atom. The molecule has 6 nitrogen and oxygen atoms in total. The minimum Gasteiger partial charge on any atom is -0.467 e. The van der Waals surface area contributed by atoms with Gasteiger partial charge in [0, 0.05) is 36.1 Å². The fraction of sp³-hybridized carbons (Fsp3) is 0.526. The number of fused-ring (bicyclic) bond motifs is 3. The Hall–Kier alpha value is -1.31. The van der Waals surface area contributed by atoms with Crippen molar-refractivity contribution in [3.8, 4) is 0 Å². The second kappa shape index (κ2) is 8.80. The van der Waals surface area contributed by atoms with Crippen LogP contribution in [0.2, 0.25) is 0 Å². The molecule has 0 aliphatic carbocycles. The van der Waals surface area contributed by atoms with Crippen LogP contribution in [-0.2, 0) is 11.3 Å². The Labute approximate surface area is 172 Å². The highest BCUT2D eigenvalue weighted by molar-refractivity contribution is 6.07. The Bertz CT molecular complexity index is 803. The third-order valence-electron chi connectivity index (χ3n) is 5.97. The number of aliphatic imine (C=N–C) groups is 1. The first kappa shape index (κ1) is 23.7. The van der Waals surface area contributed by atoms with Gasteiger partial charge in [-0.15, -0.1) is 24.8 Å². The van der Waals surface area contributed by atoms with Crippen LogP contribution in [0.1, 0.15) is 25.3 Å². The van der Waals surface area contributed by atoms with Crippen molar-refractivity contribution in [3.05, 3.63) is 36.0 Å². The maximum Gasteiger partial charge on any atom is 0.219 e. The molecule has 0 amide bonds. The van der Waals surface area contributed by atoms with E-state index in [1.54, 1.807) is 0 Å². The summed E-state index contributed by atoms with van der Waals surface area (Å²) in [6.45, 7) is 7.50. The van der Waals surface area contributed by atoms with Gasteiger partial charge in [-0.1, -0.05) is 18.2 Å². The molecule has 2 aromatic rings. The zero-order valence-electron chi connectivity index (χ0n) is 15.5. The number of halogens is 2. The highest BCUT2D eigenvalue weighted by Crippen LogP contribution is 2.42. The van der Waals surface area contributed by atoms with Crippen molar-refractivity contribution in [1.82, 2.24) is 9.47 Å². The average Bonchev–Trinajstić information content (AvgIpc) is 3.17. The lowest BCUT2D eigenvalue weighted by molar-refractivity contribution is -0.0825. The molecule has 152 valence electrons. The van der Waals surface area contributed by atoms with Crippen LogP contribution in [0.25, 0.3) is 10.9 Å². The molecule has 1 unspecified atom stereocenters. The molecular formula is C19H29Cl2N3O3. The lowest BCUT2D eigenvalue weighted by Crippen LogP contribution is -2.60. The normalized spacial score (nSPS) is 27.7. The second-order valence-corrected chi connectivity index (χ2v) is 7.18. The van der Waals surface area contributed by atoms with E-state index in [-0.39, 0.29) is 41.4 Å². The van der Waals surface area contributed by atoms with Crippen molar-refractivity contribution in [2.45, 2.75) is 31.9 Å². The summed E-state index contributed by atoms with van der Waals surface area (Å²) in [5.74, 6) is 1.54. The third-order valence-corrected chi connectivity index (χ3v) is 5.97. The molecule has 4 aliphatic rings. The van der Waals surface area contributed by atoms with Gasteiger partial charge in [0.15, 0.2) is 0 Å². The number of piperidine rings is 3. The van der Waals surface area contributed by atoms with Crippen LogP contribution in [0.3, 0.4) is 0 Å². The molecule has 1 spiro atoms. The van der Waals surface area contributed by atoms with Gasteiger partial charge in [-0.2, -0.15) is 0 Å². The summed E-state index contributed by atoms with van der Waals surface area (Å²) in [4.78, 5) is 7.40. The van der Waals surface area contributed by atoms with E-state index in [1.165, 1.54) is 36.8 Å². The average molecular weight is 418 g/mol. The largest absolute Gasteiger partial charge is 0.467 e. The van der Waals surface area contributed by atoms with E-state index in [4.69, 9.17) is 9.73 Å². The van der Waals surface area contributed by atoms with Gasteiger partial charge in [0.2, 0.25) is 5.90 Å². The van der Waals surface area contributed by atoms with Crippen LogP contribution in [0.4, 0.5) is 0 Å². The smallest absolute Gasteiger partial charge is 0.219 e. The quantitative estimate of drug-likeness (QED) is 0.747. The number of para-hydroxylation sites is 1. The monoisotopic (exact) mass is 417 g/mol. The van der Waals surface area contributed by atoms with Crippen LogP contribution < -0.4 is 0 Å². The van der Waals surface area contributed by atoms with Gasteiger partial charge < -0.3 is 20.3 Å². The van der Waals surface area contributed by atoms with E-state index in [0.717, 1.165) is 31.1 Å². The molecule has 27 heavy (non-hydrogen) atoms. The lowest BCUT2D eigenvalue weighted by Gasteiger charge is -2.50. The molecule has 4 aliphatic heterocycles. The Morgan fingerprint density at radius 1 is 1.15 bits per heavy atom. The Kier molecular flexibility index (Phi) is 7.73. The van der Waals surface area contributed by atoms with Gasteiger partial charge in [0.05, 0.1) is 12.1 Å². The zero-order valence-corrected chi connectivity index (χ0v) is 17.1. The standard InChI is InChI=1S/C19H23N3O.2ClH.2H2O/c1-2-22-11-16(15-5-3-4-6-17(15)22)18-20-12-19(23-18)13-21-9-7-14(19)8-10-21;;;;/h3-6,11,14H,2,7-10,12-13H2,1H3;2*1H;2*1H2. The molecule has 2 bridgehead atoms. The molecule has 6 rings (SSSR count). The zero-order chi connectivity index (χ0) is 15.4. The van der Waals surface area contributed by atoms with Gasteiger partial charge >= 0.3 is 0 Å². The number of nitrogens with zero attached hydrogens (tertiary/aromatic N) is 3. The number of ether oxygens (including phenoxy) is 1. The summed E-state index contributed by atoms with van der Waals surface area (Å²) in [5.41, 5.74) is 2.38. The fourth-order valence-electron chi connectivity index (χ4n) is 4.70. The van der Waals surface area contributed by atoms with Gasteiger partial charge in [-0.05, 0) is 38.9 Å². The topological polar surface area (TPSA) is 92.8 Å². The van der Waals surface area contributed by atoms with Crippen LogP contribution in [-0.4, -0.2) is 58.1 Å². The molecule has 0 radical (unpaired) electrons. The second-order valence-electron chi connectivity index (χ2n) is 7.18. The van der Waals surface area contributed by atoms with Gasteiger partial charge in [-0.3, -0.25) is 4.90 Å². The molecule has 5 heterocycles. The third kappa shape index (κ3) is 3.57. The summed E-state index contributed by atoms with van der Waals surface area (Å²) in [7, 11) is 0. The fourth-order valence-corrected chi connectivity index (χ4v) is 4.70. The van der Waals surface area contributed by atoms with Crippen molar-refractivity contribution in [2.75, 3.05) is 26.2 Å². The van der Waals surface area contributed by atoms with E-state index in [1.807, 2.05) is 0 Å². The number of hydrogen-bond donors (Lipinski definition) is 0. The summed E-state index contributed by atoms with van der Waals surface area (Å²) < 4.78 is 8.86. The Balaban J connectivity index is 0.000000911. The number of aryl methyl sites for hydroxylation is 1. The van der Waals surface area contributed by atoms with E-state index >= 15 is 0 Å². The molecule has 3 saturated heterocycles.